The third kappa shape index (κ3) is 2.86. The van der Waals surface area contributed by atoms with Crippen LogP contribution in [-0.4, -0.2) is 37.4 Å². The van der Waals surface area contributed by atoms with Crippen molar-refractivity contribution in [1.29, 1.82) is 0 Å². The lowest BCUT2D eigenvalue weighted by Gasteiger charge is -2.29. The highest BCUT2D eigenvalue weighted by Gasteiger charge is 2.24. The van der Waals surface area contributed by atoms with E-state index in [0.717, 1.165) is 49.3 Å². The predicted octanol–water partition coefficient (Wildman–Crippen LogP) is 1.85. The quantitative estimate of drug-likeness (QED) is 0.842. The summed E-state index contributed by atoms with van der Waals surface area (Å²) in [6.07, 6.45) is 1.74. The van der Waals surface area contributed by atoms with Gasteiger partial charge in [0.25, 0.3) is 11.1 Å². The molecule has 0 saturated carbocycles. The minimum Gasteiger partial charge on any atom is -0.378 e. The van der Waals surface area contributed by atoms with Gasteiger partial charge in [-0.3, -0.25) is 14.9 Å². The summed E-state index contributed by atoms with van der Waals surface area (Å²) in [4.78, 5) is 25.4. The number of hydrogen-bond donors (Lipinski definition) is 1. The minimum absolute atomic E-state index is 0.314. The number of ether oxygens (including phenoxy) is 1. The summed E-state index contributed by atoms with van der Waals surface area (Å²) in [5.41, 5.74) is 2.03. The Morgan fingerprint density at radius 2 is 2.05 bits per heavy atom. The van der Waals surface area contributed by atoms with Crippen molar-refractivity contribution in [2.45, 2.75) is 0 Å². The van der Waals surface area contributed by atoms with Gasteiger partial charge >= 0.3 is 0 Å². The van der Waals surface area contributed by atoms with E-state index in [1.54, 1.807) is 6.08 Å². The molecule has 0 spiro atoms. The van der Waals surface area contributed by atoms with Crippen LogP contribution in [0, 0.1) is 0 Å². The predicted molar refractivity (Wildman–Crippen MR) is 78.6 cm³/mol. The number of amides is 2. The molecule has 1 N–H and O–H groups in total. The van der Waals surface area contributed by atoms with Crippen LogP contribution >= 0.6 is 11.8 Å². The van der Waals surface area contributed by atoms with E-state index in [4.69, 9.17) is 4.74 Å². The summed E-state index contributed by atoms with van der Waals surface area (Å²) < 4.78 is 5.34. The lowest BCUT2D eigenvalue weighted by Crippen LogP contribution is -2.36. The largest absolute Gasteiger partial charge is 0.378 e. The average Bonchev–Trinajstić information content (AvgIpc) is 2.78. The van der Waals surface area contributed by atoms with Gasteiger partial charge in [0.15, 0.2) is 0 Å². The van der Waals surface area contributed by atoms with Crippen molar-refractivity contribution in [2.24, 2.45) is 0 Å². The number of thioether (sulfide) groups is 1. The number of carbonyl (C=O) groups excluding carboxylic acids is 2. The first kappa shape index (κ1) is 13.2. The van der Waals surface area contributed by atoms with Crippen LogP contribution in [0.1, 0.15) is 5.56 Å². The molecule has 2 saturated heterocycles. The zero-order valence-corrected chi connectivity index (χ0v) is 11.6. The fourth-order valence-electron chi connectivity index (χ4n) is 2.21. The topological polar surface area (TPSA) is 58.6 Å². The number of nitrogens with one attached hydrogen (secondary N) is 1. The van der Waals surface area contributed by atoms with Gasteiger partial charge in [0.05, 0.1) is 18.1 Å². The van der Waals surface area contributed by atoms with E-state index in [2.05, 4.69) is 10.2 Å². The Morgan fingerprint density at radius 3 is 2.75 bits per heavy atom. The Bertz CT molecular complexity index is 580. The highest BCUT2D eigenvalue weighted by Crippen LogP contribution is 2.27. The first-order valence-electron chi connectivity index (χ1n) is 6.40. The van der Waals surface area contributed by atoms with Crippen molar-refractivity contribution in [3.63, 3.8) is 0 Å². The molecule has 0 radical (unpaired) electrons. The third-order valence-corrected chi connectivity index (χ3v) is 4.00. The van der Waals surface area contributed by atoms with Crippen molar-refractivity contribution in [2.75, 3.05) is 31.2 Å². The molecule has 5 nitrogen and oxygen atoms in total. The van der Waals surface area contributed by atoms with Gasteiger partial charge in [-0.25, -0.2) is 0 Å². The van der Waals surface area contributed by atoms with Crippen LogP contribution in [0.2, 0.25) is 0 Å². The molecule has 2 amide bonds. The molecule has 0 atom stereocenters. The van der Waals surface area contributed by atoms with Gasteiger partial charge in [0.1, 0.15) is 0 Å². The summed E-state index contributed by atoms with van der Waals surface area (Å²) in [6.45, 7) is 3.21. The van der Waals surface area contributed by atoms with E-state index in [-0.39, 0.29) is 11.1 Å². The molecule has 0 aliphatic carbocycles. The molecule has 20 heavy (non-hydrogen) atoms. The molecule has 104 valence electrons. The lowest BCUT2D eigenvalue weighted by atomic mass is 10.1. The summed E-state index contributed by atoms with van der Waals surface area (Å²) in [5.74, 6) is -0.322. The number of anilines is 1. The molecule has 1 aromatic carbocycles. The van der Waals surface area contributed by atoms with Crippen LogP contribution in [-0.2, 0) is 9.53 Å². The van der Waals surface area contributed by atoms with Gasteiger partial charge in [-0.2, -0.15) is 0 Å². The summed E-state index contributed by atoms with van der Waals surface area (Å²) in [6, 6.07) is 7.94. The van der Waals surface area contributed by atoms with Crippen LogP contribution in [0.5, 0.6) is 0 Å². The van der Waals surface area contributed by atoms with Crippen LogP contribution in [0.25, 0.3) is 6.08 Å². The highest BCUT2D eigenvalue weighted by atomic mass is 32.2. The number of hydrogen-bond acceptors (Lipinski definition) is 5. The van der Waals surface area contributed by atoms with Gasteiger partial charge < -0.3 is 9.64 Å². The van der Waals surface area contributed by atoms with E-state index < -0.39 is 0 Å². The summed E-state index contributed by atoms with van der Waals surface area (Å²) in [5, 5.41) is 1.94. The Hall–Kier alpha value is -1.79. The first-order valence-corrected chi connectivity index (χ1v) is 7.22. The smallest absolute Gasteiger partial charge is 0.290 e. The van der Waals surface area contributed by atoms with Crippen molar-refractivity contribution in [1.82, 2.24) is 5.32 Å². The molecule has 6 heteroatoms. The van der Waals surface area contributed by atoms with Crippen molar-refractivity contribution >= 4 is 34.7 Å². The van der Waals surface area contributed by atoms with E-state index in [1.165, 1.54) is 0 Å². The van der Waals surface area contributed by atoms with Gasteiger partial charge in [-0.1, -0.05) is 12.1 Å². The Labute approximate surface area is 121 Å². The number of benzene rings is 1. The van der Waals surface area contributed by atoms with Gasteiger partial charge in [0.2, 0.25) is 0 Å². The fourth-order valence-corrected chi connectivity index (χ4v) is 2.89. The average molecular weight is 290 g/mol. The van der Waals surface area contributed by atoms with Crippen molar-refractivity contribution < 1.29 is 14.3 Å². The zero-order valence-electron chi connectivity index (χ0n) is 10.8. The van der Waals surface area contributed by atoms with Crippen LogP contribution < -0.4 is 10.2 Å². The number of imide groups is 1. The van der Waals surface area contributed by atoms with Gasteiger partial charge in [0, 0.05) is 18.8 Å². The monoisotopic (exact) mass is 290 g/mol. The molecule has 2 fully saturated rings. The van der Waals surface area contributed by atoms with Gasteiger partial charge in [-0.05, 0) is 35.5 Å². The second kappa shape index (κ2) is 5.68. The second-order valence-electron chi connectivity index (χ2n) is 4.55. The van der Waals surface area contributed by atoms with Gasteiger partial charge in [-0.15, -0.1) is 0 Å². The Kier molecular flexibility index (Phi) is 3.75. The van der Waals surface area contributed by atoms with Crippen LogP contribution in [0.15, 0.2) is 29.2 Å². The van der Waals surface area contributed by atoms with E-state index in [1.807, 2.05) is 24.3 Å². The lowest BCUT2D eigenvalue weighted by molar-refractivity contribution is -0.115. The summed E-state index contributed by atoms with van der Waals surface area (Å²) >= 11 is 0.938. The molecule has 2 heterocycles. The van der Waals surface area contributed by atoms with E-state index >= 15 is 0 Å². The molecule has 3 rings (SSSR count). The molecule has 0 bridgehead atoms. The van der Waals surface area contributed by atoms with Crippen molar-refractivity contribution in [3.05, 3.63) is 34.7 Å². The van der Waals surface area contributed by atoms with E-state index in [0.29, 0.717) is 4.91 Å². The van der Waals surface area contributed by atoms with E-state index in [9.17, 15) is 9.59 Å². The maximum Gasteiger partial charge on any atom is 0.290 e. The minimum atomic E-state index is -0.322. The first-order chi connectivity index (χ1) is 9.72. The zero-order chi connectivity index (χ0) is 13.9. The van der Waals surface area contributed by atoms with Crippen molar-refractivity contribution in [3.8, 4) is 0 Å². The second-order valence-corrected chi connectivity index (χ2v) is 5.56. The number of nitrogens with zero attached hydrogens (tertiary/aromatic N) is 1. The molecule has 0 unspecified atom stereocenters. The highest BCUT2D eigenvalue weighted by molar-refractivity contribution is 8.18. The summed E-state index contributed by atoms with van der Waals surface area (Å²) in [7, 11) is 0. The maximum atomic E-state index is 11.5. The Morgan fingerprint density at radius 1 is 1.25 bits per heavy atom. The maximum absolute atomic E-state index is 11.5. The molecule has 1 aromatic rings. The molecule has 2 aliphatic rings. The number of morpholine rings is 1. The fraction of sp³-hybridized carbons (Fsp3) is 0.286. The number of rotatable bonds is 2. The van der Waals surface area contributed by atoms with Crippen LogP contribution in [0.4, 0.5) is 10.5 Å². The normalized spacial score (nSPS) is 21.4. The molecule has 0 aromatic heterocycles. The van der Waals surface area contributed by atoms with Crippen LogP contribution in [0.3, 0.4) is 0 Å². The molecule has 2 aliphatic heterocycles. The molecular formula is C14H14N2O3S. The standard InChI is InChI=1S/C14H14N2O3S/c17-13-12(20-14(18)15-13)9-10-2-1-3-11(8-10)16-4-6-19-7-5-16/h1-3,8-9H,4-7H2,(H,15,17,18). The number of carbonyl (C=O) groups is 2. The molecular weight excluding hydrogens is 276 g/mol. The third-order valence-electron chi connectivity index (χ3n) is 3.19. The Balaban J connectivity index is 1.82. The SMILES string of the molecule is O=C1NC(=O)C(=Cc2cccc(N3CCOCC3)c2)S1.